The lowest BCUT2D eigenvalue weighted by molar-refractivity contribution is 0.208. The third-order valence-corrected chi connectivity index (χ3v) is 6.39. The molecule has 8 heteroatoms. The molecule has 2 heterocycles. The molecule has 1 fully saturated rings. The standard InChI is InChI=1S/C25H27Cl2N5O/c1-16-4-6-19(7-5-16)14-21-17(2)28-18(3)29-24(21)31-10-12-32(13-11-31)25(33)30-23-9-8-20(26)15-22(23)27/h4-9,15H,10-14H2,1-3H3,(H,30,33). The van der Waals surface area contributed by atoms with E-state index in [1.807, 2.05) is 13.8 Å². The van der Waals surface area contributed by atoms with Gasteiger partial charge in [-0.3, -0.25) is 0 Å². The molecule has 1 aromatic heterocycles. The minimum atomic E-state index is -0.172. The van der Waals surface area contributed by atoms with Gasteiger partial charge in [-0.05, 0) is 44.5 Å². The van der Waals surface area contributed by atoms with Crippen molar-refractivity contribution in [2.75, 3.05) is 36.4 Å². The Morgan fingerprint density at radius 3 is 2.33 bits per heavy atom. The molecule has 0 saturated carbocycles. The Morgan fingerprint density at radius 1 is 0.970 bits per heavy atom. The SMILES string of the molecule is Cc1ccc(Cc2c(C)nc(C)nc2N2CCN(C(=O)Nc3ccc(Cl)cc3Cl)CC2)cc1. The van der Waals surface area contributed by atoms with Crippen LogP contribution in [0, 0.1) is 20.8 Å². The van der Waals surface area contributed by atoms with Crippen LogP contribution in [-0.2, 0) is 6.42 Å². The van der Waals surface area contributed by atoms with E-state index in [9.17, 15) is 4.79 Å². The van der Waals surface area contributed by atoms with Gasteiger partial charge in [0.05, 0.1) is 10.7 Å². The summed E-state index contributed by atoms with van der Waals surface area (Å²) in [6, 6.07) is 13.4. The highest BCUT2D eigenvalue weighted by atomic mass is 35.5. The molecular weight excluding hydrogens is 457 g/mol. The molecule has 2 amide bonds. The van der Waals surface area contributed by atoms with Crippen LogP contribution < -0.4 is 10.2 Å². The third-order valence-electron chi connectivity index (χ3n) is 5.84. The highest BCUT2D eigenvalue weighted by Crippen LogP contribution is 2.27. The summed E-state index contributed by atoms with van der Waals surface area (Å²) >= 11 is 12.1. The zero-order valence-electron chi connectivity index (χ0n) is 19.0. The molecule has 6 nitrogen and oxygen atoms in total. The molecule has 1 aliphatic rings. The van der Waals surface area contributed by atoms with E-state index in [-0.39, 0.29) is 6.03 Å². The Balaban J connectivity index is 1.46. The van der Waals surface area contributed by atoms with Crippen molar-refractivity contribution in [2.24, 2.45) is 0 Å². The maximum atomic E-state index is 12.8. The lowest BCUT2D eigenvalue weighted by Crippen LogP contribution is -2.50. The first-order valence-corrected chi connectivity index (χ1v) is 11.7. The molecule has 3 aromatic rings. The highest BCUT2D eigenvalue weighted by molar-refractivity contribution is 6.36. The largest absolute Gasteiger partial charge is 0.353 e. The number of rotatable bonds is 4. The zero-order valence-corrected chi connectivity index (χ0v) is 20.5. The number of anilines is 2. The first-order chi connectivity index (χ1) is 15.8. The molecule has 1 N–H and O–H groups in total. The molecule has 0 unspecified atom stereocenters. The van der Waals surface area contributed by atoms with Gasteiger partial charge in [-0.15, -0.1) is 0 Å². The molecule has 172 valence electrons. The third kappa shape index (κ3) is 5.57. The molecule has 0 atom stereocenters. The van der Waals surface area contributed by atoms with Crippen molar-refractivity contribution < 1.29 is 4.79 Å². The highest BCUT2D eigenvalue weighted by Gasteiger charge is 2.25. The minimum absolute atomic E-state index is 0.172. The first kappa shape index (κ1) is 23.3. The molecule has 0 aliphatic carbocycles. The summed E-state index contributed by atoms with van der Waals surface area (Å²) in [5, 5.41) is 3.83. The second-order valence-electron chi connectivity index (χ2n) is 8.35. The summed E-state index contributed by atoms with van der Waals surface area (Å²) in [5.74, 6) is 1.72. The average Bonchev–Trinajstić information content (AvgIpc) is 2.79. The lowest BCUT2D eigenvalue weighted by atomic mass is 10.0. The fourth-order valence-electron chi connectivity index (χ4n) is 4.00. The van der Waals surface area contributed by atoms with Gasteiger partial charge in [0.2, 0.25) is 0 Å². The molecular formula is C25H27Cl2N5O. The van der Waals surface area contributed by atoms with Gasteiger partial charge < -0.3 is 15.1 Å². The summed E-state index contributed by atoms with van der Waals surface area (Å²) in [6.07, 6.45) is 0.775. The van der Waals surface area contributed by atoms with Crippen molar-refractivity contribution >= 4 is 40.7 Å². The predicted molar refractivity (Wildman–Crippen MR) is 135 cm³/mol. The number of urea groups is 1. The van der Waals surface area contributed by atoms with E-state index < -0.39 is 0 Å². The van der Waals surface area contributed by atoms with Crippen LogP contribution in [0.15, 0.2) is 42.5 Å². The van der Waals surface area contributed by atoms with Gasteiger partial charge >= 0.3 is 6.03 Å². The molecule has 0 radical (unpaired) electrons. The Morgan fingerprint density at radius 2 is 1.67 bits per heavy atom. The number of carbonyl (C=O) groups excluding carboxylic acids is 1. The number of hydrogen-bond acceptors (Lipinski definition) is 4. The van der Waals surface area contributed by atoms with Gasteiger partial charge in [0.25, 0.3) is 0 Å². The smallest absolute Gasteiger partial charge is 0.322 e. The fourth-order valence-corrected chi connectivity index (χ4v) is 4.46. The second kappa shape index (κ2) is 9.98. The van der Waals surface area contributed by atoms with Gasteiger partial charge in [-0.2, -0.15) is 0 Å². The molecule has 33 heavy (non-hydrogen) atoms. The number of benzene rings is 2. The van der Waals surface area contributed by atoms with Crippen molar-refractivity contribution in [3.05, 3.63) is 80.7 Å². The van der Waals surface area contributed by atoms with E-state index in [4.69, 9.17) is 28.2 Å². The average molecular weight is 484 g/mol. The van der Waals surface area contributed by atoms with Crippen molar-refractivity contribution in [3.8, 4) is 0 Å². The predicted octanol–water partition coefficient (Wildman–Crippen LogP) is 5.65. The van der Waals surface area contributed by atoms with Crippen LogP contribution in [-0.4, -0.2) is 47.1 Å². The fraction of sp³-hybridized carbons (Fsp3) is 0.320. The zero-order chi connectivity index (χ0) is 23.5. The molecule has 1 saturated heterocycles. The van der Waals surface area contributed by atoms with Crippen LogP contribution >= 0.6 is 23.2 Å². The van der Waals surface area contributed by atoms with Crippen LogP contribution in [0.4, 0.5) is 16.3 Å². The lowest BCUT2D eigenvalue weighted by Gasteiger charge is -2.36. The Kier molecular flexibility index (Phi) is 7.05. The molecule has 4 rings (SSSR count). The summed E-state index contributed by atoms with van der Waals surface area (Å²) < 4.78 is 0. The van der Waals surface area contributed by atoms with Gasteiger partial charge in [0, 0.05) is 48.9 Å². The molecule has 2 aromatic carbocycles. The number of aromatic nitrogens is 2. The Bertz CT molecular complexity index is 1160. The van der Waals surface area contributed by atoms with Crippen LogP contribution in [0.1, 0.15) is 28.2 Å². The van der Waals surface area contributed by atoms with Crippen molar-refractivity contribution in [3.63, 3.8) is 0 Å². The van der Waals surface area contributed by atoms with E-state index in [0.29, 0.717) is 41.9 Å². The maximum absolute atomic E-state index is 12.8. The van der Waals surface area contributed by atoms with Crippen LogP contribution in [0.2, 0.25) is 10.0 Å². The monoisotopic (exact) mass is 483 g/mol. The summed E-state index contributed by atoms with van der Waals surface area (Å²) in [6.45, 7) is 8.61. The minimum Gasteiger partial charge on any atom is -0.353 e. The molecule has 0 bridgehead atoms. The number of hydrogen-bond donors (Lipinski definition) is 1. The van der Waals surface area contributed by atoms with E-state index in [1.54, 1.807) is 23.1 Å². The number of amides is 2. The van der Waals surface area contributed by atoms with Crippen molar-refractivity contribution in [1.29, 1.82) is 0 Å². The maximum Gasteiger partial charge on any atom is 0.322 e. The van der Waals surface area contributed by atoms with E-state index >= 15 is 0 Å². The van der Waals surface area contributed by atoms with Gasteiger partial charge in [-0.1, -0.05) is 53.0 Å². The number of aryl methyl sites for hydroxylation is 3. The van der Waals surface area contributed by atoms with E-state index in [0.717, 1.165) is 29.3 Å². The quantitative estimate of drug-likeness (QED) is 0.520. The first-order valence-electron chi connectivity index (χ1n) is 11.0. The topological polar surface area (TPSA) is 61.4 Å². The van der Waals surface area contributed by atoms with Gasteiger partial charge in [-0.25, -0.2) is 14.8 Å². The normalized spacial score (nSPS) is 13.8. The Labute approximate surface area is 204 Å². The van der Waals surface area contributed by atoms with Crippen molar-refractivity contribution in [2.45, 2.75) is 27.2 Å². The van der Waals surface area contributed by atoms with Gasteiger partial charge in [0.1, 0.15) is 11.6 Å². The van der Waals surface area contributed by atoms with Gasteiger partial charge in [0.15, 0.2) is 0 Å². The number of piperazine rings is 1. The van der Waals surface area contributed by atoms with Crippen LogP contribution in [0.25, 0.3) is 0 Å². The van der Waals surface area contributed by atoms with Crippen LogP contribution in [0.3, 0.4) is 0 Å². The summed E-state index contributed by atoms with van der Waals surface area (Å²) in [4.78, 5) is 26.2. The number of halogens is 2. The van der Waals surface area contributed by atoms with Crippen LogP contribution in [0.5, 0.6) is 0 Å². The second-order valence-corrected chi connectivity index (χ2v) is 9.19. The number of carbonyl (C=O) groups is 1. The number of nitrogens with zero attached hydrogens (tertiary/aromatic N) is 4. The number of nitrogens with one attached hydrogen (secondary N) is 1. The molecule has 1 aliphatic heterocycles. The summed E-state index contributed by atoms with van der Waals surface area (Å²) in [5.41, 5.74) is 5.15. The van der Waals surface area contributed by atoms with Crippen molar-refractivity contribution in [1.82, 2.24) is 14.9 Å². The summed E-state index contributed by atoms with van der Waals surface area (Å²) in [7, 11) is 0. The molecule has 0 spiro atoms. The van der Waals surface area contributed by atoms with E-state index in [2.05, 4.69) is 46.4 Å². The Hall–Kier alpha value is -2.83. The van der Waals surface area contributed by atoms with E-state index in [1.165, 1.54) is 11.1 Å².